The number of hydrogen-bond acceptors (Lipinski definition) is 5. The summed E-state index contributed by atoms with van der Waals surface area (Å²) in [5.41, 5.74) is 1.79. The first-order valence-corrected chi connectivity index (χ1v) is 10.6. The van der Waals surface area contributed by atoms with Gasteiger partial charge in [-0.1, -0.05) is 24.1 Å². The molecule has 0 N–H and O–H groups in total. The molecule has 0 saturated carbocycles. The number of aromatic nitrogens is 1. The summed E-state index contributed by atoms with van der Waals surface area (Å²) in [6.45, 7) is 0.777. The molecule has 1 saturated heterocycles. The molecule has 6 heteroatoms. The number of ether oxygens (including phenoxy) is 1. The van der Waals surface area contributed by atoms with Crippen molar-refractivity contribution in [3.63, 3.8) is 0 Å². The highest BCUT2D eigenvalue weighted by Crippen LogP contribution is 2.33. The van der Waals surface area contributed by atoms with E-state index in [1.807, 2.05) is 52.7 Å². The average Bonchev–Trinajstić information content (AvgIpc) is 3.35. The molecule has 0 bridgehead atoms. The Labute approximate surface area is 168 Å². The van der Waals surface area contributed by atoms with Crippen LogP contribution >= 0.6 is 11.3 Å². The molecular weight excluding hydrogens is 372 g/mol. The highest BCUT2D eigenvalue weighted by atomic mass is 32.1. The van der Waals surface area contributed by atoms with Gasteiger partial charge in [-0.05, 0) is 48.6 Å². The van der Waals surface area contributed by atoms with Gasteiger partial charge in [-0.2, -0.15) is 0 Å². The van der Waals surface area contributed by atoms with Gasteiger partial charge in [0.1, 0.15) is 11.4 Å². The zero-order chi connectivity index (χ0) is 19.3. The third kappa shape index (κ3) is 4.12. The van der Waals surface area contributed by atoms with Crippen molar-refractivity contribution in [2.75, 3.05) is 13.7 Å². The highest BCUT2D eigenvalue weighted by Gasteiger charge is 2.29. The van der Waals surface area contributed by atoms with Crippen molar-refractivity contribution in [3.8, 4) is 17.1 Å². The summed E-state index contributed by atoms with van der Waals surface area (Å²) in [6.07, 6.45) is 4.65. The number of carbonyl (C=O) groups excluding carboxylic acids is 1. The van der Waals surface area contributed by atoms with Crippen LogP contribution in [0.15, 0.2) is 52.4 Å². The molecule has 1 atom stereocenters. The van der Waals surface area contributed by atoms with Crippen LogP contribution in [0, 0.1) is 0 Å². The Bertz CT molecular complexity index is 902. The fourth-order valence-electron chi connectivity index (χ4n) is 3.72. The van der Waals surface area contributed by atoms with E-state index < -0.39 is 0 Å². The Morgan fingerprint density at radius 1 is 1.25 bits per heavy atom. The number of amides is 1. The van der Waals surface area contributed by atoms with E-state index in [2.05, 4.69) is 5.16 Å². The minimum absolute atomic E-state index is 0.0225. The third-order valence-corrected chi connectivity index (χ3v) is 6.10. The van der Waals surface area contributed by atoms with Gasteiger partial charge in [0.15, 0.2) is 5.76 Å². The molecule has 146 valence electrons. The zero-order valence-corrected chi connectivity index (χ0v) is 16.8. The first-order chi connectivity index (χ1) is 13.7. The lowest BCUT2D eigenvalue weighted by Crippen LogP contribution is -2.35. The maximum atomic E-state index is 13.0. The number of benzene rings is 1. The van der Waals surface area contributed by atoms with Gasteiger partial charge in [0, 0.05) is 23.1 Å². The van der Waals surface area contributed by atoms with Crippen LogP contribution in [0.4, 0.5) is 0 Å². The van der Waals surface area contributed by atoms with E-state index in [1.54, 1.807) is 18.4 Å². The van der Waals surface area contributed by atoms with Crippen molar-refractivity contribution < 1.29 is 14.1 Å². The Kier molecular flexibility index (Phi) is 5.76. The summed E-state index contributed by atoms with van der Waals surface area (Å²) in [5, 5.41) is 6.35. The molecule has 3 aromatic rings. The van der Waals surface area contributed by atoms with E-state index in [4.69, 9.17) is 9.26 Å². The summed E-state index contributed by atoms with van der Waals surface area (Å²) >= 11 is 1.63. The SMILES string of the molecule is COc1ccc(-c2cc([C@@H]3CCCCCN3C(=O)Cc3cccs3)no2)cc1. The van der Waals surface area contributed by atoms with Crippen LogP contribution in [0.25, 0.3) is 11.3 Å². The van der Waals surface area contributed by atoms with Crippen LogP contribution in [0.3, 0.4) is 0 Å². The Balaban J connectivity index is 1.56. The van der Waals surface area contributed by atoms with Crippen LogP contribution < -0.4 is 4.74 Å². The summed E-state index contributed by atoms with van der Waals surface area (Å²) in [7, 11) is 1.65. The quantitative estimate of drug-likeness (QED) is 0.602. The molecule has 1 amide bonds. The topological polar surface area (TPSA) is 55.6 Å². The number of methoxy groups -OCH3 is 1. The van der Waals surface area contributed by atoms with Crippen molar-refractivity contribution in [2.45, 2.75) is 38.1 Å². The van der Waals surface area contributed by atoms with Crippen molar-refractivity contribution in [1.29, 1.82) is 0 Å². The maximum absolute atomic E-state index is 13.0. The average molecular weight is 397 g/mol. The maximum Gasteiger partial charge on any atom is 0.228 e. The highest BCUT2D eigenvalue weighted by molar-refractivity contribution is 7.10. The molecule has 1 aromatic carbocycles. The minimum Gasteiger partial charge on any atom is -0.497 e. The minimum atomic E-state index is -0.0225. The van der Waals surface area contributed by atoms with E-state index in [0.29, 0.717) is 12.2 Å². The predicted molar refractivity (Wildman–Crippen MR) is 109 cm³/mol. The van der Waals surface area contributed by atoms with Gasteiger partial charge in [0.25, 0.3) is 0 Å². The second kappa shape index (κ2) is 8.61. The van der Waals surface area contributed by atoms with E-state index in [-0.39, 0.29) is 11.9 Å². The summed E-state index contributed by atoms with van der Waals surface area (Å²) < 4.78 is 10.8. The lowest BCUT2D eigenvalue weighted by Gasteiger charge is -2.28. The molecule has 4 rings (SSSR count). The summed E-state index contributed by atoms with van der Waals surface area (Å²) in [6, 6.07) is 13.7. The van der Waals surface area contributed by atoms with Gasteiger partial charge >= 0.3 is 0 Å². The molecule has 0 aliphatic carbocycles. The zero-order valence-electron chi connectivity index (χ0n) is 16.0. The predicted octanol–water partition coefficient (Wildman–Crippen LogP) is 5.10. The molecule has 1 aliphatic rings. The summed E-state index contributed by atoms with van der Waals surface area (Å²) in [4.78, 5) is 16.1. The lowest BCUT2D eigenvalue weighted by atomic mass is 10.0. The van der Waals surface area contributed by atoms with Gasteiger partial charge in [-0.25, -0.2) is 0 Å². The normalized spacial score (nSPS) is 17.3. The van der Waals surface area contributed by atoms with Crippen LogP contribution in [-0.4, -0.2) is 29.6 Å². The van der Waals surface area contributed by atoms with Gasteiger partial charge in [-0.15, -0.1) is 11.3 Å². The standard InChI is InChI=1S/C22H24N2O3S/c1-26-17-10-8-16(9-11-17)21-15-19(23-27-21)20-7-3-2-4-12-24(20)22(25)14-18-6-5-13-28-18/h5-6,8-11,13,15,20H,2-4,7,12,14H2,1H3/t20-/m0/s1. The molecule has 3 heterocycles. The first-order valence-electron chi connectivity index (χ1n) is 9.67. The lowest BCUT2D eigenvalue weighted by molar-refractivity contribution is -0.133. The fraction of sp³-hybridized carbons (Fsp3) is 0.364. The van der Waals surface area contributed by atoms with Crippen molar-refractivity contribution in [2.24, 2.45) is 0 Å². The van der Waals surface area contributed by atoms with Crippen molar-refractivity contribution >= 4 is 17.2 Å². The molecule has 5 nitrogen and oxygen atoms in total. The van der Waals surface area contributed by atoms with E-state index in [0.717, 1.165) is 54.1 Å². The molecule has 28 heavy (non-hydrogen) atoms. The van der Waals surface area contributed by atoms with Crippen molar-refractivity contribution in [1.82, 2.24) is 10.1 Å². The number of likely N-dealkylation sites (tertiary alicyclic amines) is 1. The molecule has 0 radical (unpaired) electrons. The second-order valence-electron chi connectivity index (χ2n) is 7.05. The molecule has 1 aliphatic heterocycles. The van der Waals surface area contributed by atoms with Crippen LogP contribution in [0.2, 0.25) is 0 Å². The van der Waals surface area contributed by atoms with Crippen molar-refractivity contribution in [3.05, 3.63) is 58.4 Å². The van der Waals surface area contributed by atoms with Gasteiger partial charge in [0.2, 0.25) is 5.91 Å². The Morgan fingerprint density at radius 2 is 2.11 bits per heavy atom. The number of hydrogen-bond donors (Lipinski definition) is 0. The van der Waals surface area contributed by atoms with Gasteiger partial charge in [0.05, 0.1) is 19.6 Å². The van der Waals surface area contributed by atoms with Gasteiger partial charge in [-0.3, -0.25) is 4.79 Å². The van der Waals surface area contributed by atoms with E-state index >= 15 is 0 Å². The monoisotopic (exact) mass is 396 g/mol. The Hall–Kier alpha value is -2.60. The van der Waals surface area contributed by atoms with E-state index in [9.17, 15) is 4.79 Å². The number of nitrogens with zero attached hydrogens (tertiary/aromatic N) is 2. The van der Waals surface area contributed by atoms with E-state index in [1.165, 1.54) is 0 Å². The van der Waals surface area contributed by atoms with Gasteiger partial charge < -0.3 is 14.2 Å². The van der Waals surface area contributed by atoms with Crippen LogP contribution in [0.5, 0.6) is 5.75 Å². The second-order valence-corrected chi connectivity index (χ2v) is 8.09. The van der Waals surface area contributed by atoms with Crippen LogP contribution in [-0.2, 0) is 11.2 Å². The molecule has 0 unspecified atom stereocenters. The fourth-order valence-corrected chi connectivity index (χ4v) is 4.41. The molecule has 2 aromatic heterocycles. The molecule has 0 spiro atoms. The number of carbonyl (C=O) groups is 1. The Morgan fingerprint density at radius 3 is 2.86 bits per heavy atom. The summed E-state index contributed by atoms with van der Waals surface area (Å²) in [5.74, 6) is 1.69. The van der Waals surface area contributed by atoms with Crippen LogP contribution in [0.1, 0.15) is 42.3 Å². The molecule has 1 fully saturated rings. The molecular formula is C22H24N2O3S. The third-order valence-electron chi connectivity index (χ3n) is 5.22. The first kappa shape index (κ1) is 18.7. The number of rotatable bonds is 5. The number of thiophene rings is 1. The largest absolute Gasteiger partial charge is 0.497 e. The smallest absolute Gasteiger partial charge is 0.228 e.